The molecule has 3 heteroatoms. The number of rotatable bonds is 2. The van der Waals surface area contributed by atoms with E-state index in [0.717, 1.165) is 32.3 Å². The van der Waals surface area contributed by atoms with Crippen LogP contribution in [-0.4, -0.2) is 4.98 Å². The summed E-state index contributed by atoms with van der Waals surface area (Å²) in [6.45, 7) is 4.20. The molecule has 0 atom stereocenters. The summed E-state index contributed by atoms with van der Waals surface area (Å²) < 4.78 is 0.789. The lowest BCUT2D eigenvalue weighted by Gasteiger charge is -2.09. The van der Waals surface area contributed by atoms with Crippen molar-refractivity contribution in [2.24, 2.45) is 0 Å². The van der Waals surface area contributed by atoms with Gasteiger partial charge in [0.05, 0.1) is 10.0 Å². The minimum absolute atomic E-state index is 0.789. The Bertz CT molecular complexity index is 704. The molecule has 0 N–H and O–H groups in total. The van der Waals surface area contributed by atoms with Crippen molar-refractivity contribution < 1.29 is 0 Å². The maximum atomic E-state index is 6.01. The quantitative estimate of drug-likeness (QED) is 0.621. The largest absolute Gasteiger partial charge is 0.256 e. The van der Waals surface area contributed by atoms with Crippen LogP contribution in [0.4, 0.5) is 0 Å². The third-order valence-electron chi connectivity index (χ3n) is 3.00. The van der Waals surface area contributed by atoms with Crippen molar-refractivity contribution in [3.8, 4) is 22.4 Å². The Kier molecular flexibility index (Phi) is 3.36. The zero-order valence-electron chi connectivity index (χ0n) is 10.1. The van der Waals surface area contributed by atoms with Gasteiger partial charge < -0.3 is 0 Å². The van der Waals surface area contributed by atoms with Gasteiger partial charge in [0.15, 0.2) is 0 Å². The Labute approximate surface area is 121 Å². The summed E-state index contributed by atoms with van der Waals surface area (Å²) in [6, 6.07) is 14.0. The molecule has 0 aliphatic heterocycles. The van der Waals surface area contributed by atoms with Gasteiger partial charge in [-0.05, 0) is 41.8 Å². The second-order valence-corrected chi connectivity index (χ2v) is 5.73. The number of pyridine rings is 1. The average molecular weight is 285 g/mol. The predicted molar refractivity (Wildman–Crippen MR) is 82.5 cm³/mol. The summed E-state index contributed by atoms with van der Waals surface area (Å²) in [6.07, 6.45) is 1.79. The molecule has 0 unspecified atom stereocenters. The molecular formula is C16H11ClNS. The molecular weight excluding hydrogens is 274 g/mol. The van der Waals surface area contributed by atoms with E-state index in [4.69, 9.17) is 11.6 Å². The van der Waals surface area contributed by atoms with E-state index in [-0.39, 0.29) is 0 Å². The van der Waals surface area contributed by atoms with Crippen LogP contribution in [0.3, 0.4) is 0 Å². The summed E-state index contributed by atoms with van der Waals surface area (Å²) >= 11 is 7.54. The molecule has 0 aliphatic carbocycles. The van der Waals surface area contributed by atoms with Gasteiger partial charge in [0.25, 0.3) is 0 Å². The lowest BCUT2D eigenvalue weighted by Crippen LogP contribution is -1.89. The summed E-state index contributed by atoms with van der Waals surface area (Å²) in [4.78, 5) is 4.39. The van der Waals surface area contributed by atoms with Crippen LogP contribution in [0.1, 0.15) is 5.56 Å². The number of hydrogen-bond donors (Lipinski definition) is 0. The topological polar surface area (TPSA) is 12.9 Å². The second kappa shape index (κ2) is 5.16. The monoisotopic (exact) mass is 284 g/mol. The Hall–Kier alpha value is -1.64. The molecule has 0 saturated heterocycles. The highest BCUT2D eigenvalue weighted by molar-refractivity contribution is 7.14. The minimum Gasteiger partial charge on any atom is -0.256 e. The SMILES string of the molecule is [CH2]c1c(-c2csc(Cl)c2)cccc1-c1ccccn1. The maximum absolute atomic E-state index is 6.01. The van der Waals surface area contributed by atoms with Crippen LogP contribution < -0.4 is 0 Å². The van der Waals surface area contributed by atoms with Crippen LogP contribution in [0, 0.1) is 6.92 Å². The molecule has 0 fully saturated rings. The molecule has 2 aromatic heterocycles. The van der Waals surface area contributed by atoms with E-state index in [9.17, 15) is 0 Å². The molecule has 1 aromatic carbocycles. The molecule has 0 bridgehead atoms. The average Bonchev–Trinajstić information content (AvgIpc) is 2.86. The molecule has 19 heavy (non-hydrogen) atoms. The number of thiophene rings is 1. The number of aromatic nitrogens is 1. The van der Waals surface area contributed by atoms with Crippen molar-refractivity contribution in [3.05, 3.63) is 70.9 Å². The van der Waals surface area contributed by atoms with Gasteiger partial charge >= 0.3 is 0 Å². The van der Waals surface area contributed by atoms with Gasteiger partial charge in [-0.3, -0.25) is 4.98 Å². The molecule has 3 aromatic rings. The Morgan fingerprint density at radius 1 is 1.05 bits per heavy atom. The van der Waals surface area contributed by atoms with Crippen LogP contribution >= 0.6 is 22.9 Å². The van der Waals surface area contributed by atoms with Gasteiger partial charge in [-0.1, -0.05) is 35.9 Å². The van der Waals surface area contributed by atoms with Gasteiger partial charge in [0, 0.05) is 17.1 Å². The highest BCUT2D eigenvalue weighted by atomic mass is 35.5. The van der Waals surface area contributed by atoms with E-state index in [1.54, 1.807) is 6.20 Å². The van der Waals surface area contributed by atoms with Gasteiger partial charge in [-0.25, -0.2) is 0 Å². The van der Waals surface area contributed by atoms with Crippen LogP contribution in [0.15, 0.2) is 54.0 Å². The van der Waals surface area contributed by atoms with E-state index >= 15 is 0 Å². The highest BCUT2D eigenvalue weighted by Gasteiger charge is 2.09. The lowest BCUT2D eigenvalue weighted by molar-refractivity contribution is 1.32. The molecule has 1 nitrogen and oxygen atoms in total. The first kappa shape index (κ1) is 12.4. The van der Waals surface area contributed by atoms with Gasteiger partial charge in [0.1, 0.15) is 0 Å². The molecule has 0 saturated carbocycles. The number of benzene rings is 1. The third-order valence-corrected chi connectivity index (χ3v) is 4.09. The zero-order chi connectivity index (χ0) is 13.2. The second-order valence-electron chi connectivity index (χ2n) is 4.19. The highest BCUT2D eigenvalue weighted by Crippen LogP contribution is 2.34. The van der Waals surface area contributed by atoms with Crippen LogP contribution in [0.5, 0.6) is 0 Å². The fourth-order valence-electron chi connectivity index (χ4n) is 2.07. The molecule has 93 valence electrons. The molecule has 3 rings (SSSR count). The molecule has 0 amide bonds. The smallest absolute Gasteiger partial charge is 0.0934 e. The summed E-state index contributed by atoms with van der Waals surface area (Å²) in [7, 11) is 0. The van der Waals surface area contributed by atoms with Crippen molar-refractivity contribution in [1.82, 2.24) is 4.98 Å². The minimum atomic E-state index is 0.789. The van der Waals surface area contributed by atoms with Crippen molar-refractivity contribution in [2.75, 3.05) is 0 Å². The zero-order valence-corrected chi connectivity index (χ0v) is 11.7. The number of nitrogens with zero attached hydrogens (tertiary/aromatic N) is 1. The predicted octanol–water partition coefficient (Wildman–Crippen LogP) is 5.31. The van der Waals surface area contributed by atoms with Gasteiger partial charge in [-0.15, -0.1) is 11.3 Å². The maximum Gasteiger partial charge on any atom is 0.0934 e. The molecule has 1 radical (unpaired) electrons. The van der Waals surface area contributed by atoms with Gasteiger partial charge in [0.2, 0.25) is 0 Å². The molecule has 0 spiro atoms. The first-order valence-corrected chi connectivity index (χ1v) is 7.12. The fraction of sp³-hybridized carbons (Fsp3) is 0. The molecule has 2 heterocycles. The number of halogens is 1. The summed E-state index contributed by atoms with van der Waals surface area (Å²) in [5.41, 5.74) is 5.19. The van der Waals surface area contributed by atoms with E-state index in [0.29, 0.717) is 0 Å². The Balaban J connectivity index is 2.14. The van der Waals surface area contributed by atoms with E-state index in [2.05, 4.69) is 23.4 Å². The Morgan fingerprint density at radius 3 is 2.58 bits per heavy atom. The van der Waals surface area contributed by atoms with E-state index < -0.39 is 0 Å². The van der Waals surface area contributed by atoms with Crippen molar-refractivity contribution in [2.45, 2.75) is 0 Å². The first-order chi connectivity index (χ1) is 9.25. The van der Waals surface area contributed by atoms with Crippen molar-refractivity contribution in [1.29, 1.82) is 0 Å². The van der Waals surface area contributed by atoms with Gasteiger partial charge in [-0.2, -0.15) is 0 Å². The van der Waals surface area contributed by atoms with E-state index in [1.807, 2.05) is 36.4 Å². The summed E-state index contributed by atoms with van der Waals surface area (Å²) in [5, 5.41) is 2.05. The third kappa shape index (κ3) is 2.42. The van der Waals surface area contributed by atoms with E-state index in [1.165, 1.54) is 11.3 Å². The van der Waals surface area contributed by atoms with Crippen LogP contribution in [-0.2, 0) is 0 Å². The Morgan fingerprint density at radius 2 is 1.89 bits per heavy atom. The van der Waals surface area contributed by atoms with Crippen LogP contribution in [0.2, 0.25) is 4.34 Å². The normalized spacial score (nSPS) is 10.6. The molecule has 0 aliphatic rings. The standard InChI is InChI=1S/C16H11ClNS/c1-11-13(12-9-16(17)19-10-12)5-4-6-14(11)15-7-2-3-8-18-15/h2-10H,1H2. The summed E-state index contributed by atoms with van der Waals surface area (Å²) in [5.74, 6) is 0. The van der Waals surface area contributed by atoms with Crippen molar-refractivity contribution >= 4 is 22.9 Å². The van der Waals surface area contributed by atoms with Crippen molar-refractivity contribution in [3.63, 3.8) is 0 Å². The fourth-order valence-corrected chi connectivity index (χ4v) is 2.95. The number of hydrogen-bond acceptors (Lipinski definition) is 2. The van der Waals surface area contributed by atoms with Crippen LogP contribution in [0.25, 0.3) is 22.4 Å². The lowest BCUT2D eigenvalue weighted by atomic mass is 9.96. The first-order valence-electron chi connectivity index (χ1n) is 5.86.